The summed E-state index contributed by atoms with van der Waals surface area (Å²) in [5.41, 5.74) is 4.34. The summed E-state index contributed by atoms with van der Waals surface area (Å²) in [4.78, 5) is 0. The van der Waals surface area contributed by atoms with Gasteiger partial charge >= 0.3 is 0 Å². The number of aryl methyl sites for hydroxylation is 2. The second kappa shape index (κ2) is 7.26. The van der Waals surface area contributed by atoms with Crippen LogP contribution >= 0.6 is 0 Å². The van der Waals surface area contributed by atoms with Crippen LogP contribution in [0, 0.1) is 6.92 Å². The first-order valence-corrected chi connectivity index (χ1v) is 7.87. The molecule has 0 aromatic heterocycles. The number of hydrogen-bond donors (Lipinski definition) is 0. The zero-order valence-electron chi connectivity index (χ0n) is 13.5. The number of allylic oxidation sites excluding steroid dienone is 2. The lowest BCUT2D eigenvalue weighted by Gasteiger charge is -2.23. The van der Waals surface area contributed by atoms with Crippen molar-refractivity contribution >= 4 is 0 Å². The normalized spacial score (nSPS) is 12.0. The van der Waals surface area contributed by atoms with E-state index in [4.69, 9.17) is 0 Å². The van der Waals surface area contributed by atoms with Gasteiger partial charge < -0.3 is 0 Å². The van der Waals surface area contributed by atoms with Crippen molar-refractivity contribution in [3.05, 3.63) is 83.4 Å². The fourth-order valence-corrected chi connectivity index (χ4v) is 2.83. The van der Waals surface area contributed by atoms with E-state index in [9.17, 15) is 0 Å². The minimum Gasteiger partial charge on any atom is -0.0877 e. The van der Waals surface area contributed by atoms with E-state index in [0.29, 0.717) is 0 Å². The van der Waals surface area contributed by atoms with E-state index >= 15 is 0 Å². The minimum atomic E-state index is 0.109. The summed E-state index contributed by atoms with van der Waals surface area (Å²) in [5, 5.41) is 0. The van der Waals surface area contributed by atoms with Gasteiger partial charge in [0.15, 0.2) is 0 Å². The van der Waals surface area contributed by atoms with E-state index in [1.807, 2.05) is 0 Å². The van der Waals surface area contributed by atoms with Gasteiger partial charge in [0.1, 0.15) is 0 Å². The van der Waals surface area contributed by atoms with Crippen LogP contribution in [-0.4, -0.2) is 0 Å². The lowest BCUT2D eigenvalue weighted by Crippen LogP contribution is -2.14. The summed E-state index contributed by atoms with van der Waals surface area (Å²) < 4.78 is 0. The highest BCUT2D eigenvalue weighted by molar-refractivity contribution is 5.35. The Morgan fingerprint density at radius 3 is 2.29 bits per heavy atom. The van der Waals surface area contributed by atoms with Crippen LogP contribution < -0.4 is 0 Å². The van der Waals surface area contributed by atoms with Crippen LogP contribution in [0.1, 0.15) is 43.4 Å². The molecule has 0 aliphatic heterocycles. The third-order valence-corrected chi connectivity index (χ3v) is 4.05. The van der Waals surface area contributed by atoms with E-state index in [1.54, 1.807) is 0 Å². The van der Waals surface area contributed by atoms with Gasteiger partial charge in [-0.3, -0.25) is 0 Å². The Balaban J connectivity index is 1.87. The molecule has 2 aromatic rings. The Labute approximate surface area is 129 Å². The van der Waals surface area contributed by atoms with E-state index in [-0.39, 0.29) is 5.41 Å². The van der Waals surface area contributed by atoms with Gasteiger partial charge in [-0.15, -0.1) is 0 Å². The van der Waals surface area contributed by atoms with Gasteiger partial charge in [-0.05, 0) is 42.9 Å². The van der Waals surface area contributed by atoms with Crippen molar-refractivity contribution in [2.75, 3.05) is 0 Å². The summed E-state index contributed by atoms with van der Waals surface area (Å²) in [6, 6.07) is 19.4. The maximum atomic E-state index is 2.36. The number of rotatable bonds is 6. The molecular formula is C21H26. The van der Waals surface area contributed by atoms with Crippen molar-refractivity contribution in [1.82, 2.24) is 0 Å². The van der Waals surface area contributed by atoms with Gasteiger partial charge in [0.05, 0.1) is 0 Å². The quantitative estimate of drug-likeness (QED) is 0.459. The van der Waals surface area contributed by atoms with Crippen LogP contribution in [0.25, 0.3) is 0 Å². The van der Waals surface area contributed by atoms with Crippen LogP contribution in [0.5, 0.6) is 0 Å². The van der Waals surface area contributed by atoms with Gasteiger partial charge in [-0.1, -0.05) is 80.6 Å². The average molecular weight is 278 g/mol. The molecule has 0 fully saturated rings. The lowest BCUT2D eigenvalue weighted by atomic mass is 9.81. The van der Waals surface area contributed by atoms with Crippen LogP contribution in [0.15, 0.2) is 66.7 Å². The van der Waals surface area contributed by atoms with Crippen LogP contribution in [0.3, 0.4) is 0 Å². The summed E-state index contributed by atoms with van der Waals surface area (Å²) in [7, 11) is 0. The van der Waals surface area contributed by atoms with Crippen molar-refractivity contribution in [2.45, 2.75) is 45.4 Å². The Kier molecular flexibility index (Phi) is 5.38. The molecule has 0 amide bonds. The average Bonchev–Trinajstić information content (AvgIpc) is 2.48. The van der Waals surface area contributed by atoms with Crippen LogP contribution in [-0.2, 0) is 11.8 Å². The van der Waals surface area contributed by atoms with Crippen molar-refractivity contribution in [2.24, 2.45) is 0 Å². The molecule has 110 valence electrons. The zero-order valence-corrected chi connectivity index (χ0v) is 13.5. The number of benzene rings is 2. The first-order valence-electron chi connectivity index (χ1n) is 7.87. The molecule has 21 heavy (non-hydrogen) atoms. The molecule has 0 heteroatoms. The monoisotopic (exact) mass is 278 g/mol. The smallest absolute Gasteiger partial charge is 0.00779 e. The van der Waals surface area contributed by atoms with E-state index in [1.165, 1.54) is 23.1 Å². The highest BCUT2D eigenvalue weighted by Crippen LogP contribution is 2.27. The Hall–Kier alpha value is -1.82. The molecule has 0 atom stereocenters. The molecule has 0 unspecified atom stereocenters. The molecule has 0 nitrogen and oxygen atoms in total. The van der Waals surface area contributed by atoms with Crippen molar-refractivity contribution in [3.63, 3.8) is 0 Å². The topological polar surface area (TPSA) is 0 Å². The Morgan fingerprint density at radius 2 is 1.57 bits per heavy atom. The number of unbranched alkanes of at least 4 members (excludes halogenated alkanes) is 1. The third-order valence-electron chi connectivity index (χ3n) is 4.05. The fraction of sp³-hybridized carbons (Fsp3) is 0.333. The summed E-state index contributed by atoms with van der Waals surface area (Å²) in [6.45, 7) is 6.78. The second-order valence-corrected chi connectivity index (χ2v) is 6.32. The summed E-state index contributed by atoms with van der Waals surface area (Å²) in [5.74, 6) is 0. The number of hydrogen-bond acceptors (Lipinski definition) is 0. The first kappa shape index (κ1) is 15.6. The molecule has 0 radical (unpaired) electrons. The maximum Gasteiger partial charge on any atom is 0.00779 e. The highest BCUT2D eigenvalue weighted by atomic mass is 14.2. The molecule has 0 aliphatic carbocycles. The predicted octanol–water partition coefficient (Wildman–Crippen LogP) is 5.85. The zero-order chi connectivity index (χ0) is 15.1. The van der Waals surface area contributed by atoms with Gasteiger partial charge in [-0.25, -0.2) is 0 Å². The maximum absolute atomic E-state index is 2.36. The predicted molar refractivity (Wildman–Crippen MR) is 92.7 cm³/mol. The van der Waals surface area contributed by atoms with Crippen molar-refractivity contribution in [1.29, 1.82) is 0 Å². The molecule has 0 heterocycles. The van der Waals surface area contributed by atoms with Crippen molar-refractivity contribution < 1.29 is 0 Å². The minimum absolute atomic E-state index is 0.109. The van der Waals surface area contributed by atoms with E-state index in [0.717, 1.165) is 12.8 Å². The molecule has 0 bridgehead atoms. The molecule has 2 aromatic carbocycles. The third kappa shape index (κ3) is 4.60. The standard InChI is InChI=1S/C21H26/c1-18-12-9-10-16-20(18)21(2,3)17-11-5-8-15-19-13-6-4-7-14-19/h4,6-7,9-14,16-17H,5,8,15H2,1-3H3/b17-11+. The van der Waals surface area contributed by atoms with E-state index < -0.39 is 0 Å². The summed E-state index contributed by atoms with van der Waals surface area (Å²) >= 11 is 0. The van der Waals surface area contributed by atoms with E-state index in [2.05, 4.69) is 87.5 Å². The SMILES string of the molecule is Cc1ccccc1C(C)(C)/C=C/CCCc1ccccc1. The molecule has 2 rings (SSSR count). The second-order valence-electron chi connectivity index (χ2n) is 6.32. The first-order chi connectivity index (χ1) is 10.1. The largest absolute Gasteiger partial charge is 0.0877 e. The molecule has 0 aliphatic rings. The van der Waals surface area contributed by atoms with Crippen molar-refractivity contribution in [3.8, 4) is 0 Å². The van der Waals surface area contributed by atoms with Crippen LogP contribution in [0.2, 0.25) is 0 Å². The van der Waals surface area contributed by atoms with Gasteiger partial charge in [-0.2, -0.15) is 0 Å². The highest BCUT2D eigenvalue weighted by Gasteiger charge is 2.18. The van der Waals surface area contributed by atoms with Gasteiger partial charge in [0, 0.05) is 5.41 Å². The van der Waals surface area contributed by atoms with Gasteiger partial charge in [0.2, 0.25) is 0 Å². The Bertz CT molecular complexity index is 576. The molecule has 0 N–H and O–H groups in total. The molecule has 0 saturated heterocycles. The lowest BCUT2D eigenvalue weighted by molar-refractivity contribution is 0.659. The van der Waals surface area contributed by atoms with Crippen LogP contribution in [0.4, 0.5) is 0 Å². The molecular weight excluding hydrogens is 252 g/mol. The molecule has 0 spiro atoms. The summed E-state index contributed by atoms with van der Waals surface area (Å²) in [6.07, 6.45) is 8.22. The van der Waals surface area contributed by atoms with Gasteiger partial charge in [0.25, 0.3) is 0 Å². The molecule has 0 saturated carbocycles. The fourth-order valence-electron chi connectivity index (χ4n) is 2.83. The Morgan fingerprint density at radius 1 is 0.905 bits per heavy atom.